The normalized spacial score (nSPS) is 11.0. The van der Waals surface area contributed by atoms with Crippen LogP contribution in [0.1, 0.15) is 26.3 Å². The smallest absolute Gasteiger partial charge is 0.362 e. The first-order chi connectivity index (χ1) is 8.50. The lowest BCUT2D eigenvalue weighted by molar-refractivity contribution is -0.137. The van der Waals surface area contributed by atoms with Gasteiger partial charge in [-0.1, -0.05) is 25.2 Å². The summed E-state index contributed by atoms with van der Waals surface area (Å²) in [5.74, 6) is 0. The maximum Gasteiger partial charge on any atom is 0.416 e. The fraction of sp³-hybridized carbons (Fsp3) is 0.417. The van der Waals surface area contributed by atoms with Crippen LogP contribution in [0.25, 0.3) is 10.2 Å². The Bertz CT molecular complexity index is 505. The first-order valence-corrected chi connectivity index (χ1v) is 6.54. The maximum atomic E-state index is 12.4. The largest absolute Gasteiger partial charge is 0.416 e. The molecule has 100 valence electrons. The lowest BCUT2D eigenvalue weighted by atomic mass is 10.2. The van der Waals surface area contributed by atoms with Crippen LogP contribution in [-0.2, 0) is 6.18 Å². The molecule has 0 bridgehead atoms. The molecule has 0 unspecified atom stereocenters. The average Bonchev–Trinajstić information content (AvgIpc) is 2.72. The number of alkyl halides is 3. The van der Waals surface area contributed by atoms with E-state index in [1.165, 1.54) is 17.4 Å². The van der Waals surface area contributed by atoms with Crippen molar-refractivity contribution in [2.24, 2.45) is 0 Å². The van der Waals surface area contributed by atoms with Crippen LogP contribution in [0.5, 0.6) is 0 Å². The third kappa shape index (κ3) is 3.35. The van der Waals surface area contributed by atoms with E-state index in [9.17, 15) is 13.2 Å². The van der Waals surface area contributed by atoms with Crippen molar-refractivity contribution in [3.63, 3.8) is 0 Å². The van der Waals surface area contributed by atoms with E-state index in [1.807, 2.05) is 20.8 Å². The molecule has 2 nitrogen and oxygen atoms in total. The molecule has 1 aromatic carbocycles. The number of fused-ring (bicyclic) bond motifs is 1. The Morgan fingerprint density at radius 3 is 2.50 bits per heavy atom. The van der Waals surface area contributed by atoms with Gasteiger partial charge in [0.2, 0.25) is 0 Å². The number of benzene rings is 1. The zero-order valence-electron chi connectivity index (χ0n) is 10.4. The molecule has 18 heavy (non-hydrogen) atoms. The lowest BCUT2D eigenvalue weighted by Crippen LogP contribution is -2.03. The fourth-order valence-corrected chi connectivity index (χ4v) is 2.30. The third-order valence-electron chi connectivity index (χ3n) is 2.04. The molecule has 0 saturated carbocycles. The summed E-state index contributed by atoms with van der Waals surface area (Å²) < 4.78 is 37.9. The summed E-state index contributed by atoms with van der Waals surface area (Å²) in [6.45, 7) is 6.61. The number of nitrogens with zero attached hydrogens (tertiary/aromatic N) is 1. The van der Waals surface area contributed by atoms with Gasteiger partial charge in [-0.15, -0.1) is 0 Å². The molecule has 2 aromatic rings. The van der Waals surface area contributed by atoms with Crippen LogP contribution in [0.3, 0.4) is 0 Å². The van der Waals surface area contributed by atoms with Gasteiger partial charge in [0.15, 0.2) is 5.13 Å². The molecular weight excluding hydrogens is 261 g/mol. The monoisotopic (exact) mass is 276 g/mol. The average molecular weight is 276 g/mol. The summed E-state index contributed by atoms with van der Waals surface area (Å²) in [5, 5.41) is 3.63. The topological polar surface area (TPSA) is 24.9 Å². The molecule has 6 heteroatoms. The van der Waals surface area contributed by atoms with Gasteiger partial charge in [-0.3, -0.25) is 0 Å². The minimum Gasteiger partial charge on any atom is -0.362 e. The molecule has 0 atom stereocenters. The highest BCUT2D eigenvalue weighted by Gasteiger charge is 2.30. The van der Waals surface area contributed by atoms with Crippen molar-refractivity contribution in [3.8, 4) is 0 Å². The van der Waals surface area contributed by atoms with Crippen molar-refractivity contribution in [3.05, 3.63) is 23.8 Å². The van der Waals surface area contributed by atoms with Gasteiger partial charge in [-0.05, 0) is 25.1 Å². The van der Waals surface area contributed by atoms with Gasteiger partial charge >= 0.3 is 6.18 Å². The third-order valence-corrected chi connectivity index (χ3v) is 3.02. The fourth-order valence-electron chi connectivity index (χ4n) is 1.33. The Morgan fingerprint density at radius 1 is 1.28 bits per heavy atom. The highest BCUT2D eigenvalue weighted by atomic mass is 32.1. The summed E-state index contributed by atoms with van der Waals surface area (Å²) >= 11 is 1.23. The van der Waals surface area contributed by atoms with E-state index in [2.05, 4.69) is 10.3 Å². The zero-order chi connectivity index (χ0) is 13.8. The first kappa shape index (κ1) is 14.8. The van der Waals surface area contributed by atoms with E-state index >= 15 is 0 Å². The van der Waals surface area contributed by atoms with E-state index in [-0.39, 0.29) is 0 Å². The second-order valence-corrected chi connectivity index (χ2v) is 4.26. The molecule has 1 heterocycles. The number of anilines is 1. The number of hydrogen-bond donors (Lipinski definition) is 1. The second kappa shape index (κ2) is 6.04. The van der Waals surface area contributed by atoms with Crippen LogP contribution < -0.4 is 5.32 Å². The second-order valence-electron chi connectivity index (χ2n) is 3.23. The number of hydrogen-bond acceptors (Lipinski definition) is 3. The molecule has 2 rings (SSSR count). The van der Waals surface area contributed by atoms with Crippen molar-refractivity contribution >= 4 is 26.7 Å². The van der Waals surface area contributed by atoms with E-state index in [1.54, 1.807) is 0 Å². The number of halogens is 3. The van der Waals surface area contributed by atoms with Gasteiger partial charge in [0.1, 0.15) is 0 Å². The highest BCUT2D eigenvalue weighted by Crippen LogP contribution is 2.34. The van der Waals surface area contributed by atoms with Crippen LogP contribution in [0, 0.1) is 0 Å². The van der Waals surface area contributed by atoms with E-state index in [4.69, 9.17) is 0 Å². The van der Waals surface area contributed by atoms with Gasteiger partial charge in [0, 0.05) is 6.54 Å². The van der Waals surface area contributed by atoms with Crippen LogP contribution in [-0.4, -0.2) is 11.5 Å². The number of rotatable bonds is 2. The molecular formula is C12H15F3N2S. The summed E-state index contributed by atoms with van der Waals surface area (Å²) in [6, 6.07) is 3.58. The van der Waals surface area contributed by atoms with Gasteiger partial charge in [0.25, 0.3) is 0 Å². The standard InChI is InChI=1S/C10H9F3N2S.C2H6/c1-2-14-9-15-7-4-3-6(10(11,12)13)5-8(7)16-9;1-2/h3-5H,2H2,1H3,(H,14,15);1-2H3. The van der Waals surface area contributed by atoms with Crippen molar-refractivity contribution in [1.29, 1.82) is 0 Å². The van der Waals surface area contributed by atoms with E-state index in [0.717, 1.165) is 12.1 Å². The Morgan fingerprint density at radius 2 is 1.94 bits per heavy atom. The predicted octanol–water partition coefficient (Wildman–Crippen LogP) is 4.77. The number of thiazole rings is 1. The number of aromatic nitrogens is 1. The van der Waals surface area contributed by atoms with Crippen molar-refractivity contribution < 1.29 is 13.2 Å². The Kier molecular flexibility index (Phi) is 4.95. The van der Waals surface area contributed by atoms with Crippen LogP contribution in [0.15, 0.2) is 18.2 Å². The molecule has 0 saturated heterocycles. The Labute approximate surface area is 108 Å². The molecule has 0 radical (unpaired) electrons. The molecule has 0 aliphatic carbocycles. The van der Waals surface area contributed by atoms with Crippen molar-refractivity contribution in [1.82, 2.24) is 4.98 Å². The molecule has 0 fully saturated rings. The summed E-state index contributed by atoms with van der Waals surface area (Å²) in [6.07, 6.45) is -4.30. The quantitative estimate of drug-likeness (QED) is 0.854. The van der Waals surface area contributed by atoms with E-state index in [0.29, 0.717) is 21.9 Å². The molecule has 0 spiro atoms. The highest BCUT2D eigenvalue weighted by molar-refractivity contribution is 7.22. The minimum atomic E-state index is -4.30. The molecule has 0 amide bonds. The Hall–Kier alpha value is -1.30. The lowest BCUT2D eigenvalue weighted by Gasteiger charge is -2.04. The van der Waals surface area contributed by atoms with Gasteiger partial charge < -0.3 is 5.32 Å². The molecule has 1 N–H and O–H groups in total. The van der Waals surface area contributed by atoms with Gasteiger partial charge in [0.05, 0.1) is 15.8 Å². The van der Waals surface area contributed by atoms with Crippen LogP contribution in [0.4, 0.5) is 18.3 Å². The molecule has 0 aliphatic rings. The van der Waals surface area contributed by atoms with E-state index < -0.39 is 11.7 Å². The Balaban J connectivity index is 0.000000771. The molecule has 0 aliphatic heterocycles. The predicted molar refractivity (Wildman–Crippen MR) is 70.1 cm³/mol. The number of nitrogens with one attached hydrogen (secondary N) is 1. The van der Waals surface area contributed by atoms with Crippen molar-refractivity contribution in [2.75, 3.05) is 11.9 Å². The SMILES string of the molecule is CC.CCNc1nc2ccc(C(F)(F)F)cc2s1. The van der Waals surface area contributed by atoms with Crippen LogP contribution >= 0.6 is 11.3 Å². The zero-order valence-corrected chi connectivity index (χ0v) is 11.2. The maximum absolute atomic E-state index is 12.4. The van der Waals surface area contributed by atoms with Gasteiger partial charge in [-0.2, -0.15) is 13.2 Å². The van der Waals surface area contributed by atoms with Crippen LogP contribution in [0.2, 0.25) is 0 Å². The van der Waals surface area contributed by atoms with Gasteiger partial charge in [-0.25, -0.2) is 4.98 Å². The first-order valence-electron chi connectivity index (χ1n) is 5.72. The van der Waals surface area contributed by atoms with Crippen molar-refractivity contribution in [2.45, 2.75) is 26.9 Å². The summed E-state index contributed by atoms with van der Waals surface area (Å²) in [5.41, 5.74) is -0.0411. The minimum absolute atomic E-state index is 0.547. The summed E-state index contributed by atoms with van der Waals surface area (Å²) in [7, 11) is 0. The summed E-state index contributed by atoms with van der Waals surface area (Å²) in [4.78, 5) is 4.17. The molecule has 1 aromatic heterocycles.